The van der Waals surface area contributed by atoms with Crippen LogP contribution in [-0.2, 0) is 0 Å². The highest BCUT2D eigenvalue weighted by atomic mass is 15.0. The molecule has 0 bridgehead atoms. The van der Waals surface area contributed by atoms with Gasteiger partial charge in [0.1, 0.15) is 0 Å². The van der Waals surface area contributed by atoms with Crippen LogP contribution in [0.2, 0.25) is 0 Å². The van der Waals surface area contributed by atoms with Gasteiger partial charge in [-0.25, -0.2) is 0 Å². The fourth-order valence-corrected chi connectivity index (χ4v) is 6.83. The summed E-state index contributed by atoms with van der Waals surface area (Å²) in [6, 6.07) is 28.1. The Bertz CT molecular complexity index is 3440. The molecule has 0 amide bonds. The lowest BCUT2D eigenvalue weighted by atomic mass is 10.0. The average molecular weight is 596 g/mol. The monoisotopic (exact) mass is 595 g/mol. The average Bonchev–Trinajstić information content (AvgIpc) is 3.73. The molecule has 0 N–H and O–H groups in total. The zero-order chi connectivity index (χ0) is 39.8. The van der Waals surface area contributed by atoms with E-state index in [-0.39, 0.29) is 27.6 Å². The SMILES string of the molecule is [2H]c1c([2H])c(-c2c([2H])c([2H])c3c([2H])c([2H])c([2H])c([2H])c3c2[2H])c([2H])c(-n2c3ccccc3c3c4c5ccccc5n(-c5ccc6ccccc6c5)c4ccc32)c1[2H]. The summed E-state index contributed by atoms with van der Waals surface area (Å²) in [4.78, 5) is 0. The first-order chi connectivity index (χ1) is 27.4. The van der Waals surface area contributed by atoms with E-state index in [0.717, 1.165) is 49.0 Å². The van der Waals surface area contributed by atoms with Crippen LogP contribution in [0.25, 0.3) is 87.7 Å². The van der Waals surface area contributed by atoms with Gasteiger partial charge in [0.05, 0.1) is 37.1 Å². The van der Waals surface area contributed by atoms with Crippen molar-refractivity contribution in [2.75, 3.05) is 0 Å². The van der Waals surface area contributed by atoms with Crippen LogP contribution in [0.15, 0.2) is 170 Å². The Kier molecular flexibility index (Phi) is 3.54. The summed E-state index contributed by atoms with van der Waals surface area (Å²) in [6.07, 6.45) is 0. The molecule has 0 saturated carbocycles. The number of hydrogen-bond acceptors (Lipinski definition) is 0. The fraction of sp³-hybridized carbons (Fsp3) is 0. The van der Waals surface area contributed by atoms with Crippen molar-refractivity contribution in [2.24, 2.45) is 0 Å². The van der Waals surface area contributed by atoms with Gasteiger partial charge in [0.25, 0.3) is 0 Å². The summed E-state index contributed by atoms with van der Waals surface area (Å²) in [5, 5.41) is 5.18. The third-order valence-electron chi connectivity index (χ3n) is 8.80. The zero-order valence-corrected chi connectivity index (χ0v) is 24.2. The van der Waals surface area contributed by atoms with E-state index in [4.69, 9.17) is 11.0 Å². The predicted octanol–water partition coefficient (Wildman–Crippen LogP) is 11.9. The van der Waals surface area contributed by atoms with E-state index in [1.54, 1.807) is 4.57 Å². The van der Waals surface area contributed by atoms with Gasteiger partial charge in [0, 0.05) is 32.9 Å². The molecule has 10 aromatic rings. The van der Waals surface area contributed by atoms with Crippen molar-refractivity contribution in [1.82, 2.24) is 9.13 Å². The molecule has 2 heteroatoms. The smallest absolute Gasteiger partial charge is 0.0651 e. The summed E-state index contributed by atoms with van der Waals surface area (Å²) in [5.74, 6) is 0. The maximum absolute atomic E-state index is 9.68. The maximum atomic E-state index is 9.68. The van der Waals surface area contributed by atoms with Crippen molar-refractivity contribution >= 4 is 65.2 Å². The predicted molar refractivity (Wildman–Crippen MR) is 196 cm³/mol. The van der Waals surface area contributed by atoms with Gasteiger partial charge in [-0.2, -0.15) is 0 Å². The summed E-state index contributed by atoms with van der Waals surface area (Å²) < 4.78 is 101. The van der Waals surface area contributed by atoms with Crippen LogP contribution in [0.4, 0.5) is 0 Å². The second kappa shape index (κ2) is 9.69. The van der Waals surface area contributed by atoms with Gasteiger partial charge in [-0.1, -0.05) is 115 Å². The van der Waals surface area contributed by atoms with E-state index in [2.05, 4.69) is 47.0 Å². The number of benzene rings is 8. The Hall–Kier alpha value is -6.12. The van der Waals surface area contributed by atoms with E-state index in [9.17, 15) is 4.11 Å². The van der Waals surface area contributed by atoms with Gasteiger partial charge in [-0.15, -0.1) is 0 Å². The Morgan fingerprint density at radius 3 is 1.78 bits per heavy atom. The molecule has 0 saturated heterocycles. The lowest BCUT2D eigenvalue weighted by Gasteiger charge is -2.12. The highest BCUT2D eigenvalue weighted by Crippen LogP contribution is 2.42. The van der Waals surface area contributed by atoms with Crippen molar-refractivity contribution < 1.29 is 15.1 Å². The lowest BCUT2D eigenvalue weighted by molar-refractivity contribution is 1.17. The molecular weight excluding hydrogens is 556 g/mol. The summed E-state index contributed by atoms with van der Waals surface area (Å²) in [6.45, 7) is 0. The zero-order valence-electron chi connectivity index (χ0n) is 35.2. The van der Waals surface area contributed by atoms with Crippen LogP contribution in [0.1, 0.15) is 15.1 Å². The first-order valence-corrected chi connectivity index (χ1v) is 15.0. The molecule has 0 fully saturated rings. The van der Waals surface area contributed by atoms with Crippen molar-refractivity contribution in [1.29, 1.82) is 0 Å². The van der Waals surface area contributed by atoms with Crippen LogP contribution in [0, 0.1) is 0 Å². The van der Waals surface area contributed by atoms with Crippen molar-refractivity contribution in [3.05, 3.63) is 170 Å². The first-order valence-electron chi connectivity index (χ1n) is 20.5. The maximum Gasteiger partial charge on any atom is 0.0651 e. The third kappa shape index (κ3) is 3.65. The van der Waals surface area contributed by atoms with E-state index >= 15 is 0 Å². The molecule has 2 nitrogen and oxygen atoms in total. The third-order valence-corrected chi connectivity index (χ3v) is 8.80. The van der Waals surface area contributed by atoms with Gasteiger partial charge in [-0.3, -0.25) is 0 Å². The molecule has 0 aliphatic rings. The molecule has 0 unspecified atom stereocenters. The molecule has 0 aliphatic heterocycles. The lowest BCUT2D eigenvalue weighted by Crippen LogP contribution is -1.95. The largest absolute Gasteiger partial charge is 0.309 e. The Balaban J connectivity index is 1.33. The molecule has 0 aliphatic carbocycles. The summed E-state index contributed by atoms with van der Waals surface area (Å²) in [5.41, 5.74) is 3.35. The molecule has 0 atom stereocenters. The minimum absolute atomic E-state index is 0.0600. The molecular formula is C44H28N2. The second-order valence-corrected chi connectivity index (χ2v) is 11.3. The van der Waals surface area contributed by atoms with Gasteiger partial charge in [0.15, 0.2) is 0 Å². The molecule has 2 heterocycles. The highest BCUT2D eigenvalue weighted by Gasteiger charge is 2.20. The molecule has 46 heavy (non-hydrogen) atoms. The van der Waals surface area contributed by atoms with Gasteiger partial charge < -0.3 is 9.13 Å². The molecule has 0 radical (unpaired) electrons. The minimum Gasteiger partial charge on any atom is -0.309 e. The standard InChI is InChI=1S/C44H28N2/c1-3-12-31-26-34(21-20-29(31)10-1)33-14-9-15-35(28-33)45-39-18-7-5-16-37(39)43-41(45)24-25-42-44(43)38-17-6-8-19-40(38)46(42)36-23-22-30-11-2-4-13-32(30)27-36/h1-28H/i1D,3D,9D,10D,12D,14D,15D,20D,21D,26D,28D. The highest BCUT2D eigenvalue weighted by molar-refractivity contribution is 6.29. The van der Waals surface area contributed by atoms with Crippen LogP contribution < -0.4 is 0 Å². The summed E-state index contributed by atoms with van der Waals surface area (Å²) in [7, 11) is 0. The van der Waals surface area contributed by atoms with Gasteiger partial charge in [-0.05, 0) is 87.2 Å². The number of nitrogens with zero attached hydrogens (tertiary/aromatic N) is 2. The number of para-hydroxylation sites is 2. The normalized spacial score (nSPS) is 15.3. The number of aromatic nitrogens is 2. The van der Waals surface area contributed by atoms with Crippen molar-refractivity contribution in [3.8, 4) is 22.5 Å². The Morgan fingerprint density at radius 2 is 1.02 bits per heavy atom. The second-order valence-electron chi connectivity index (χ2n) is 11.3. The van der Waals surface area contributed by atoms with Gasteiger partial charge in [0.2, 0.25) is 0 Å². The first kappa shape index (κ1) is 16.8. The molecule has 10 rings (SSSR count). The number of hydrogen-bond donors (Lipinski definition) is 0. The summed E-state index contributed by atoms with van der Waals surface area (Å²) >= 11 is 0. The van der Waals surface area contributed by atoms with Crippen LogP contribution >= 0.6 is 0 Å². The number of rotatable bonds is 3. The molecule has 0 spiro atoms. The Morgan fingerprint density at radius 1 is 0.391 bits per heavy atom. The Labute approximate surface area is 281 Å². The van der Waals surface area contributed by atoms with Crippen LogP contribution in [0.5, 0.6) is 0 Å². The van der Waals surface area contributed by atoms with Crippen molar-refractivity contribution in [3.63, 3.8) is 0 Å². The van der Waals surface area contributed by atoms with Crippen LogP contribution in [-0.4, -0.2) is 9.13 Å². The fourth-order valence-electron chi connectivity index (χ4n) is 6.83. The van der Waals surface area contributed by atoms with Gasteiger partial charge >= 0.3 is 0 Å². The minimum atomic E-state index is -0.622. The molecule has 214 valence electrons. The van der Waals surface area contributed by atoms with Crippen LogP contribution in [0.3, 0.4) is 0 Å². The number of fused-ring (bicyclic) bond motifs is 9. The quantitative estimate of drug-likeness (QED) is 0.192. The van der Waals surface area contributed by atoms with E-state index in [1.165, 1.54) is 0 Å². The van der Waals surface area contributed by atoms with Crippen molar-refractivity contribution in [2.45, 2.75) is 0 Å². The molecule has 2 aromatic heterocycles. The topological polar surface area (TPSA) is 9.86 Å². The van der Waals surface area contributed by atoms with E-state index in [1.807, 2.05) is 60.7 Å². The van der Waals surface area contributed by atoms with E-state index < -0.39 is 66.5 Å². The molecule has 8 aromatic carbocycles. The van der Waals surface area contributed by atoms with E-state index in [0.29, 0.717) is 11.0 Å².